The third-order valence-corrected chi connectivity index (χ3v) is 2.14. The summed E-state index contributed by atoms with van der Waals surface area (Å²) in [5.74, 6) is -0.109. The molecule has 0 saturated carbocycles. The van der Waals surface area contributed by atoms with Crippen molar-refractivity contribution in [3.63, 3.8) is 0 Å². The van der Waals surface area contributed by atoms with Gasteiger partial charge in [-0.3, -0.25) is 4.79 Å². The predicted octanol–water partition coefficient (Wildman–Crippen LogP) is 1.45. The van der Waals surface area contributed by atoms with Crippen molar-refractivity contribution in [2.75, 3.05) is 5.32 Å². The van der Waals surface area contributed by atoms with E-state index in [1.165, 1.54) is 6.92 Å². The van der Waals surface area contributed by atoms with Gasteiger partial charge in [-0.25, -0.2) is 0 Å². The van der Waals surface area contributed by atoms with Crippen molar-refractivity contribution < 1.29 is 9.90 Å². The SMILES string of the molecule is CC(=O)Nc1ccc([C@H](N)[C@@H](C)O)cc1.Cl. The van der Waals surface area contributed by atoms with Crippen LogP contribution in [0.15, 0.2) is 24.3 Å². The number of hydrogen-bond acceptors (Lipinski definition) is 3. The number of rotatable bonds is 3. The fourth-order valence-corrected chi connectivity index (χ4v) is 1.27. The standard InChI is InChI=1S/C11H16N2O2.ClH/c1-7(14)11(12)9-3-5-10(6-4-9)13-8(2)15;/h3-7,11,14H,12H2,1-2H3,(H,13,15);1H/t7-,11-;/m1./s1. The number of aliphatic hydroxyl groups excluding tert-OH is 1. The molecule has 0 heterocycles. The Hall–Kier alpha value is -1.10. The zero-order valence-corrected chi connectivity index (χ0v) is 10.1. The Labute approximate surface area is 101 Å². The van der Waals surface area contributed by atoms with E-state index in [2.05, 4.69) is 5.32 Å². The molecule has 16 heavy (non-hydrogen) atoms. The smallest absolute Gasteiger partial charge is 0.221 e. The molecule has 0 aliphatic rings. The minimum atomic E-state index is -0.586. The van der Waals surface area contributed by atoms with E-state index in [9.17, 15) is 9.90 Å². The third-order valence-electron chi connectivity index (χ3n) is 2.14. The second-order valence-corrected chi connectivity index (χ2v) is 3.57. The summed E-state index contributed by atoms with van der Waals surface area (Å²) in [7, 11) is 0. The van der Waals surface area contributed by atoms with Crippen LogP contribution in [-0.2, 0) is 4.79 Å². The van der Waals surface area contributed by atoms with E-state index in [1.54, 1.807) is 31.2 Å². The molecule has 1 aromatic rings. The van der Waals surface area contributed by atoms with Gasteiger partial charge in [-0.2, -0.15) is 0 Å². The number of carbonyl (C=O) groups excluding carboxylic acids is 1. The Balaban J connectivity index is 0.00000225. The summed E-state index contributed by atoms with van der Waals surface area (Å²) >= 11 is 0. The van der Waals surface area contributed by atoms with Crippen molar-refractivity contribution in [2.24, 2.45) is 5.73 Å². The predicted molar refractivity (Wildman–Crippen MR) is 66.6 cm³/mol. The van der Waals surface area contributed by atoms with E-state index in [4.69, 9.17) is 5.73 Å². The number of nitrogens with two attached hydrogens (primary N) is 1. The van der Waals surface area contributed by atoms with E-state index in [1.807, 2.05) is 0 Å². The van der Waals surface area contributed by atoms with Gasteiger partial charge in [-0.1, -0.05) is 12.1 Å². The highest BCUT2D eigenvalue weighted by molar-refractivity contribution is 5.88. The molecule has 5 heteroatoms. The largest absolute Gasteiger partial charge is 0.391 e. The van der Waals surface area contributed by atoms with E-state index in [-0.39, 0.29) is 18.3 Å². The first kappa shape index (κ1) is 14.9. The molecule has 0 aliphatic carbocycles. The topological polar surface area (TPSA) is 75.4 Å². The quantitative estimate of drug-likeness (QED) is 0.753. The number of amides is 1. The molecular formula is C11H17ClN2O2. The first-order valence-corrected chi connectivity index (χ1v) is 4.82. The van der Waals surface area contributed by atoms with E-state index in [0.717, 1.165) is 11.3 Å². The Kier molecular flexibility index (Phi) is 6.03. The zero-order chi connectivity index (χ0) is 11.4. The molecule has 4 nitrogen and oxygen atoms in total. The van der Waals surface area contributed by atoms with Gasteiger partial charge in [0.1, 0.15) is 0 Å². The molecule has 2 atom stereocenters. The molecule has 90 valence electrons. The molecular weight excluding hydrogens is 228 g/mol. The summed E-state index contributed by atoms with van der Waals surface area (Å²) in [6.45, 7) is 3.10. The second kappa shape index (κ2) is 6.48. The van der Waals surface area contributed by atoms with Crippen LogP contribution in [0.5, 0.6) is 0 Å². The van der Waals surface area contributed by atoms with Gasteiger partial charge in [0.2, 0.25) is 5.91 Å². The average Bonchev–Trinajstić information content (AvgIpc) is 2.17. The van der Waals surface area contributed by atoms with Crippen LogP contribution in [0.1, 0.15) is 25.5 Å². The monoisotopic (exact) mass is 244 g/mol. The summed E-state index contributed by atoms with van der Waals surface area (Å²) in [6.07, 6.45) is -0.586. The van der Waals surface area contributed by atoms with Gasteiger partial charge in [-0.05, 0) is 24.6 Å². The molecule has 1 amide bonds. The Morgan fingerprint density at radius 2 is 1.88 bits per heavy atom. The number of benzene rings is 1. The van der Waals surface area contributed by atoms with Gasteiger partial charge < -0.3 is 16.2 Å². The van der Waals surface area contributed by atoms with Crippen molar-refractivity contribution in [2.45, 2.75) is 26.0 Å². The van der Waals surface area contributed by atoms with Gasteiger partial charge in [-0.15, -0.1) is 12.4 Å². The van der Waals surface area contributed by atoms with Crippen LogP contribution < -0.4 is 11.1 Å². The maximum absolute atomic E-state index is 10.8. The molecule has 0 spiro atoms. The van der Waals surface area contributed by atoms with Crippen molar-refractivity contribution in [1.29, 1.82) is 0 Å². The number of hydrogen-bond donors (Lipinski definition) is 3. The lowest BCUT2D eigenvalue weighted by molar-refractivity contribution is -0.114. The molecule has 0 saturated heterocycles. The van der Waals surface area contributed by atoms with Crippen LogP contribution in [0.2, 0.25) is 0 Å². The summed E-state index contributed by atoms with van der Waals surface area (Å²) in [5, 5.41) is 12.0. The lowest BCUT2D eigenvalue weighted by Crippen LogP contribution is -2.23. The molecule has 0 aliphatic heterocycles. The first-order chi connectivity index (χ1) is 7.00. The van der Waals surface area contributed by atoms with E-state index in [0.29, 0.717) is 0 Å². The number of aliphatic hydroxyl groups is 1. The Morgan fingerprint density at radius 3 is 2.25 bits per heavy atom. The van der Waals surface area contributed by atoms with Crippen LogP contribution in [0.25, 0.3) is 0 Å². The molecule has 1 rings (SSSR count). The minimum absolute atomic E-state index is 0. The third kappa shape index (κ3) is 4.18. The Bertz CT molecular complexity index is 338. The maximum Gasteiger partial charge on any atom is 0.221 e. The number of nitrogens with one attached hydrogen (secondary N) is 1. The second-order valence-electron chi connectivity index (χ2n) is 3.57. The van der Waals surface area contributed by atoms with Crippen LogP contribution in [0.4, 0.5) is 5.69 Å². The highest BCUT2D eigenvalue weighted by Gasteiger charge is 2.11. The molecule has 0 radical (unpaired) electrons. The van der Waals surface area contributed by atoms with E-state index < -0.39 is 12.1 Å². The lowest BCUT2D eigenvalue weighted by Gasteiger charge is -2.15. The van der Waals surface area contributed by atoms with Crippen LogP contribution in [-0.4, -0.2) is 17.1 Å². The zero-order valence-electron chi connectivity index (χ0n) is 9.31. The lowest BCUT2D eigenvalue weighted by atomic mass is 10.0. The summed E-state index contributed by atoms with van der Waals surface area (Å²) < 4.78 is 0. The van der Waals surface area contributed by atoms with E-state index >= 15 is 0 Å². The van der Waals surface area contributed by atoms with Crippen molar-refractivity contribution in [3.8, 4) is 0 Å². The van der Waals surface area contributed by atoms with Gasteiger partial charge in [0.05, 0.1) is 12.1 Å². The molecule has 0 aromatic heterocycles. The number of halogens is 1. The van der Waals surface area contributed by atoms with Gasteiger partial charge in [0.15, 0.2) is 0 Å². The maximum atomic E-state index is 10.8. The molecule has 0 bridgehead atoms. The number of anilines is 1. The highest BCUT2D eigenvalue weighted by Crippen LogP contribution is 2.17. The van der Waals surface area contributed by atoms with Crippen LogP contribution in [0.3, 0.4) is 0 Å². The summed E-state index contributed by atoms with van der Waals surface area (Å²) in [6, 6.07) is 6.72. The summed E-state index contributed by atoms with van der Waals surface area (Å²) in [4.78, 5) is 10.8. The highest BCUT2D eigenvalue weighted by atomic mass is 35.5. The van der Waals surface area contributed by atoms with Crippen LogP contribution in [0, 0.1) is 0 Å². The van der Waals surface area contributed by atoms with Crippen molar-refractivity contribution in [1.82, 2.24) is 0 Å². The van der Waals surface area contributed by atoms with Gasteiger partial charge >= 0.3 is 0 Å². The molecule has 4 N–H and O–H groups in total. The number of carbonyl (C=O) groups is 1. The summed E-state index contributed by atoms with van der Waals surface area (Å²) in [5.41, 5.74) is 7.32. The molecule has 0 fully saturated rings. The van der Waals surface area contributed by atoms with Crippen LogP contribution >= 0.6 is 12.4 Å². The molecule has 0 unspecified atom stereocenters. The minimum Gasteiger partial charge on any atom is -0.391 e. The Morgan fingerprint density at radius 1 is 1.38 bits per heavy atom. The average molecular weight is 245 g/mol. The van der Waals surface area contributed by atoms with Crippen molar-refractivity contribution >= 4 is 24.0 Å². The fourth-order valence-electron chi connectivity index (χ4n) is 1.27. The first-order valence-electron chi connectivity index (χ1n) is 4.82. The van der Waals surface area contributed by atoms with Gasteiger partial charge in [0.25, 0.3) is 0 Å². The fraction of sp³-hybridized carbons (Fsp3) is 0.364. The van der Waals surface area contributed by atoms with Crippen molar-refractivity contribution in [3.05, 3.63) is 29.8 Å². The molecule has 1 aromatic carbocycles. The van der Waals surface area contributed by atoms with Gasteiger partial charge in [0, 0.05) is 12.6 Å². The normalized spacial score (nSPS) is 13.5.